The molecule has 14 aromatic carbocycles. The molecule has 0 amide bonds. The molecule has 0 fully saturated rings. The van der Waals surface area contributed by atoms with Crippen LogP contribution in [0.4, 0.5) is 0 Å². The highest BCUT2D eigenvalue weighted by atomic mass is 15.0. The van der Waals surface area contributed by atoms with E-state index in [9.17, 15) is 0 Å². The maximum atomic E-state index is 5.33. The van der Waals surface area contributed by atoms with E-state index >= 15 is 0 Å². The van der Waals surface area contributed by atoms with Gasteiger partial charge in [0.05, 0.1) is 67.3 Å². The summed E-state index contributed by atoms with van der Waals surface area (Å²) in [5.41, 5.74) is 27.0. The van der Waals surface area contributed by atoms with E-state index in [-0.39, 0.29) is 0 Å². The van der Waals surface area contributed by atoms with Crippen molar-refractivity contribution in [3.8, 4) is 124 Å². The molecule has 20 aromatic rings. The third-order valence-corrected chi connectivity index (χ3v) is 20.0. The molecule has 0 saturated carbocycles. The van der Waals surface area contributed by atoms with Crippen LogP contribution < -0.4 is 0 Å². The average molecular weight is 1350 g/mol. The van der Waals surface area contributed by atoms with Crippen LogP contribution in [-0.2, 0) is 0 Å². The molecule has 0 atom stereocenters. The first kappa shape index (κ1) is 62.6. The van der Waals surface area contributed by atoms with Crippen LogP contribution in [0.1, 0.15) is 0 Å². The Morgan fingerprint density at radius 1 is 0.179 bits per heavy atom. The lowest BCUT2D eigenvalue weighted by Gasteiger charge is -2.13. The minimum atomic E-state index is 0.676. The molecule has 0 N–H and O–H groups in total. The Hall–Kier alpha value is -14.3. The Balaban J connectivity index is 0.000000145. The van der Waals surface area contributed by atoms with Gasteiger partial charge in [-0.15, -0.1) is 0 Å². The molecule has 8 nitrogen and oxygen atoms in total. The number of para-hydroxylation sites is 6. The van der Waals surface area contributed by atoms with Crippen LogP contribution >= 0.6 is 0 Å². The molecule has 0 radical (unpaired) electrons. The van der Waals surface area contributed by atoms with Gasteiger partial charge in [-0.1, -0.05) is 315 Å². The Morgan fingerprint density at radius 3 is 0.877 bits per heavy atom. The van der Waals surface area contributed by atoms with Crippen molar-refractivity contribution >= 4 is 65.4 Å². The number of pyridine rings is 2. The summed E-state index contributed by atoms with van der Waals surface area (Å²) < 4.78 is 4.76. The molecule has 0 spiro atoms. The SMILES string of the molecule is c1ccc(-c2cccc(-c3cc(-c4ccc(-c5nc6ccccc6c6c5c5ccccc5n6-c5ccccc5)cc4)nc(-c4ccccc4)n3)c2)cc1.c1ccc(-c2cccc(-c3cc(-c4ccccc4)nc(-c4ccc(-c5nc6ccccc6c6c5c5ccccc5n6-c5ccccc5)cc4)n3)c2)cc1. The molecule has 0 aliphatic rings. The smallest absolute Gasteiger partial charge is 0.160 e. The minimum Gasteiger partial charge on any atom is -0.308 e. The Labute approximate surface area is 612 Å². The summed E-state index contributed by atoms with van der Waals surface area (Å²) >= 11 is 0. The number of nitrogens with zero attached hydrogens (tertiary/aromatic N) is 8. The normalized spacial score (nSPS) is 11.4. The van der Waals surface area contributed by atoms with Crippen LogP contribution in [0.15, 0.2) is 388 Å². The van der Waals surface area contributed by atoms with E-state index in [4.69, 9.17) is 29.9 Å². The van der Waals surface area contributed by atoms with Crippen molar-refractivity contribution < 1.29 is 0 Å². The topological polar surface area (TPSA) is 87.2 Å². The third-order valence-electron chi connectivity index (χ3n) is 20.0. The Morgan fingerprint density at radius 2 is 0.462 bits per heavy atom. The first-order valence-electron chi connectivity index (χ1n) is 35.7. The Kier molecular flexibility index (Phi) is 16.1. The highest BCUT2D eigenvalue weighted by molar-refractivity contribution is 6.24. The molecule has 0 aliphatic heterocycles. The number of hydrogen-bond donors (Lipinski definition) is 0. The fourth-order valence-corrected chi connectivity index (χ4v) is 15.0. The van der Waals surface area contributed by atoms with E-state index in [0.717, 1.165) is 156 Å². The summed E-state index contributed by atoms with van der Waals surface area (Å²) in [7, 11) is 0. The van der Waals surface area contributed by atoms with E-state index in [1.807, 2.05) is 48.5 Å². The number of hydrogen-bond acceptors (Lipinski definition) is 6. The van der Waals surface area contributed by atoms with E-state index in [0.29, 0.717) is 11.6 Å². The quantitative estimate of drug-likeness (QED) is 0.121. The van der Waals surface area contributed by atoms with Crippen molar-refractivity contribution in [2.75, 3.05) is 0 Å². The van der Waals surface area contributed by atoms with Crippen molar-refractivity contribution in [2.45, 2.75) is 0 Å². The second-order valence-electron chi connectivity index (χ2n) is 26.5. The van der Waals surface area contributed by atoms with Gasteiger partial charge in [-0.05, 0) is 95.1 Å². The van der Waals surface area contributed by atoms with Gasteiger partial charge < -0.3 is 9.13 Å². The second-order valence-corrected chi connectivity index (χ2v) is 26.5. The molecular formula is C98H64N8. The maximum absolute atomic E-state index is 5.33. The van der Waals surface area contributed by atoms with Crippen LogP contribution in [-0.4, -0.2) is 39.0 Å². The van der Waals surface area contributed by atoms with Gasteiger partial charge in [0, 0.05) is 88.2 Å². The standard InChI is InChI=1S/2C49H32N4/c1-4-15-33(16-5-1)37-19-14-20-38(31-37)44-32-43(51-49(52-44)36-17-6-2-7-18-36)34-27-29-35(30-28-34)47-46-41-24-11-13-26-45(41)53(39-21-8-3-9-22-39)48(46)40-23-10-12-25-42(40)50-47;1-4-15-33(16-5-1)37-19-14-20-38(31-37)44-32-43(34-17-6-2-7-18-34)51-49(52-44)36-29-27-35(28-30-36)47-46-41-24-11-13-26-45(41)53(39-21-8-3-9-22-39)48(46)40-23-10-12-25-42(40)50-47/h2*1-32H. The third kappa shape index (κ3) is 11.7. The van der Waals surface area contributed by atoms with Crippen LogP contribution in [0.2, 0.25) is 0 Å². The van der Waals surface area contributed by atoms with Gasteiger partial charge in [0.25, 0.3) is 0 Å². The summed E-state index contributed by atoms with van der Waals surface area (Å²) in [6.07, 6.45) is 0. The molecular weight excluding hydrogens is 1290 g/mol. The average Bonchev–Trinajstić information content (AvgIpc) is 1.56. The highest BCUT2D eigenvalue weighted by Crippen LogP contribution is 2.45. The summed E-state index contributed by atoms with van der Waals surface area (Å²) in [6, 6.07) is 135. The van der Waals surface area contributed by atoms with Crippen LogP contribution in [0.25, 0.3) is 189 Å². The monoisotopic (exact) mass is 1350 g/mol. The fraction of sp³-hybridized carbons (Fsp3) is 0. The molecule has 0 saturated heterocycles. The van der Waals surface area contributed by atoms with Gasteiger partial charge in [-0.2, -0.15) is 0 Å². The number of aromatic nitrogens is 8. The van der Waals surface area contributed by atoms with Crippen molar-refractivity contribution in [2.24, 2.45) is 0 Å². The zero-order valence-corrected chi connectivity index (χ0v) is 57.5. The van der Waals surface area contributed by atoms with Gasteiger partial charge in [0.1, 0.15) is 0 Å². The van der Waals surface area contributed by atoms with Crippen molar-refractivity contribution in [1.82, 2.24) is 39.0 Å². The van der Waals surface area contributed by atoms with Crippen LogP contribution in [0, 0.1) is 0 Å². The molecule has 106 heavy (non-hydrogen) atoms. The molecule has 0 bridgehead atoms. The van der Waals surface area contributed by atoms with Gasteiger partial charge in [0.2, 0.25) is 0 Å². The molecule has 20 rings (SSSR count). The first-order valence-corrected chi connectivity index (χ1v) is 35.7. The predicted octanol–water partition coefficient (Wildman–Crippen LogP) is 24.9. The minimum absolute atomic E-state index is 0.676. The molecule has 496 valence electrons. The summed E-state index contributed by atoms with van der Waals surface area (Å²) in [5.74, 6) is 1.37. The molecule has 6 aromatic heterocycles. The summed E-state index contributed by atoms with van der Waals surface area (Å²) in [6.45, 7) is 0. The predicted molar refractivity (Wildman–Crippen MR) is 438 cm³/mol. The van der Waals surface area contributed by atoms with Gasteiger partial charge in [0.15, 0.2) is 11.6 Å². The number of rotatable bonds is 12. The number of benzene rings is 14. The van der Waals surface area contributed by atoms with E-state index in [1.54, 1.807) is 0 Å². The maximum Gasteiger partial charge on any atom is 0.160 e. The lowest BCUT2D eigenvalue weighted by molar-refractivity contribution is 1.18. The zero-order valence-electron chi connectivity index (χ0n) is 57.5. The van der Waals surface area contributed by atoms with Crippen molar-refractivity contribution in [1.29, 1.82) is 0 Å². The van der Waals surface area contributed by atoms with Gasteiger partial charge in [-0.3, -0.25) is 0 Å². The van der Waals surface area contributed by atoms with Crippen molar-refractivity contribution in [3.63, 3.8) is 0 Å². The Bertz CT molecular complexity index is 6240. The molecule has 0 aliphatic carbocycles. The molecule has 6 heterocycles. The summed E-state index contributed by atoms with van der Waals surface area (Å²) in [5, 5.41) is 6.88. The lowest BCUT2D eigenvalue weighted by atomic mass is 9.99. The molecule has 0 unspecified atom stereocenters. The number of fused-ring (bicyclic) bond motifs is 10. The second kappa shape index (κ2) is 27.2. The largest absolute Gasteiger partial charge is 0.308 e. The zero-order chi connectivity index (χ0) is 70.3. The summed E-state index contributed by atoms with van der Waals surface area (Å²) in [4.78, 5) is 31.2. The van der Waals surface area contributed by atoms with Gasteiger partial charge >= 0.3 is 0 Å². The first-order chi connectivity index (χ1) is 52.6. The van der Waals surface area contributed by atoms with Crippen molar-refractivity contribution in [3.05, 3.63) is 388 Å². The fourth-order valence-electron chi connectivity index (χ4n) is 15.0. The lowest BCUT2D eigenvalue weighted by Crippen LogP contribution is -1.97. The van der Waals surface area contributed by atoms with E-state index in [1.165, 1.54) is 21.9 Å². The highest BCUT2D eigenvalue weighted by Gasteiger charge is 2.24. The van der Waals surface area contributed by atoms with Crippen LogP contribution in [0.3, 0.4) is 0 Å². The van der Waals surface area contributed by atoms with Crippen LogP contribution in [0.5, 0.6) is 0 Å². The van der Waals surface area contributed by atoms with Gasteiger partial charge in [-0.25, -0.2) is 29.9 Å². The van der Waals surface area contributed by atoms with E-state index < -0.39 is 0 Å². The molecule has 8 heteroatoms. The van der Waals surface area contributed by atoms with E-state index in [2.05, 4.69) is 349 Å².